The number of hydrogen-bond acceptors (Lipinski definition) is 6. The van der Waals surface area contributed by atoms with Gasteiger partial charge in [-0.2, -0.15) is 0 Å². The van der Waals surface area contributed by atoms with Gasteiger partial charge in [0.15, 0.2) is 0 Å². The van der Waals surface area contributed by atoms with Crippen molar-refractivity contribution in [2.45, 2.75) is 60.9 Å². The second-order valence-electron chi connectivity index (χ2n) is 9.91. The fourth-order valence-corrected chi connectivity index (χ4v) is 9.74. The number of nitrogens with zero attached hydrogens (tertiary/aromatic N) is 2. The largest absolute Gasteiger partial charge is 0.466 e. The number of ether oxygens (including phenoxy) is 1. The van der Waals surface area contributed by atoms with Crippen molar-refractivity contribution in [1.29, 1.82) is 0 Å². The van der Waals surface area contributed by atoms with Gasteiger partial charge in [0.1, 0.15) is 6.04 Å². The van der Waals surface area contributed by atoms with Crippen molar-refractivity contribution in [3.05, 3.63) is 42.0 Å². The van der Waals surface area contributed by atoms with Gasteiger partial charge < -0.3 is 19.6 Å². The maximum Gasteiger partial charge on any atom is 0.310 e. The Labute approximate surface area is 225 Å². The maximum atomic E-state index is 14.5. The number of aliphatic hydroxyl groups is 1. The third kappa shape index (κ3) is 4.41. The summed E-state index contributed by atoms with van der Waals surface area (Å²) in [5.74, 6) is -1.86. The van der Waals surface area contributed by atoms with Crippen LogP contribution in [0.4, 0.5) is 5.69 Å². The minimum absolute atomic E-state index is 0.00204. The standard InChI is InChI=1S/C27H35BrN2O5S/c1-5-11-29(19-14-16(3)9-10-17(19)4)25(33)23-27-15-18(28)22(36-27)20(26(34)35-6-2)21(27)24(32)30(23)12-7-8-13-31/h5,9-10,14,18,20-23,31H,1,6-8,11-13,15H2,2-4H3/t18?,20-,21-,22-,23?,27?/m0/s1. The third-order valence-corrected chi connectivity index (χ3v) is 10.8. The summed E-state index contributed by atoms with van der Waals surface area (Å²) in [6.45, 7) is 10.5. The molecule has 3 heterocycles. The molecule has 3 saturated heterocycles. The molecule has 196 valence electrons. The van der Waals surface area contributed by atoms with Gasteiger partial charge in [0, 0.05) is 35.5 Å². The molecule has 1 N–H and O–H groups in total. The second-order valence-corrected chi connectivity index (χ2v) is 12.6. The van der Waals surface area contributed by atoms with Crippen LogP contribution in [-0.4, -0.2) is 75.0 Å². The van der Waals surface area contributed by atoms with E-state index in [0.29, 0.717) is 32.4 Å². The minimum Gasteiger partial charge on any atom is -0.466 e. The molecule has 3 unspecified atom stereocenters. The van der Waals surface area contributed by atoms with E-state index in [9.17, 15) is 19.5 Å². The Hall–Kier alpha value is -1.84. The van der Waals surface area contributed by atoms with E-state index in [0.717, 1.165) is 16.8 Å². The normalized spacial score (nSPS) is 30.4. The summed E-state index contributed by atoms with van der Waals surface area (Å²) in [5, 5.41) is 9.23. The number of alkyl halides is 1. The van der Waals surface area contributed by atoms with Crippen LogP contribution in [0.3, 0.4) is 0 Å². The van der Waals surface area contributed by atoms with Gasteiger partial charge in [0.05, 0.1) is 23.2 Å². The number of fused-ring (bicyclic) bond motifs is 1. The first-order valence-electron chi connectivity index (χ1n) is 12.6. The van der Waals surface area contributed by atoms with E-state index in [1.54, 1.807) is 34.6 Å². The Bertz CT molecular complexity index is 1050. The van der Waals surface area contributed by atoms with Crippen LogP contribution in [0.5, 0.6) is 0 Å². The van der Waals surface area contributed by atoms with Crippen molar-refractivity contribution >= 4 is 51.2 Å². The fourth-order valence-electron chi connectivity index (χ4n) is 6.15. The van der Waals surface area contributed by atoms with Crippen LogP contribution in [0.15, 0.2) is 30.9 Å². The first-order chi connectivity index (χ1) is 17.2. The van der Waals surface area contributed by atoms with Gasteiger partial charge in [-0.15, -0.1) is 18.3 Å². The lowest BCUT2D eigenvalue weighted by Gasteiger charge is -2.38. The van der Waals surface area contributed by atoms with E-state index in [4.69, 9.17) is 4.74 Å². The number of thioether (sulfide) groups is 1. The summed E-state index contributed by atoms with van der Waals surface area (Å²) in [7, 11) is 0. The van der Waals surface area contributed by atoms with Crippen molar-refractivity contribution in [2.75, 3.05) is 31.2 Å². The molecule has 1 spiro atoms. The number of unbranched alkanes of at least 4 members (excludes halogenated alkanes) is 1. The van der Waals surface area contributed by atoms with Gasteiger partial charge >= 0.3 is 5.97 Å². The van der Waals surface area contributed by atoms with E-state index in [1.807, 2.05) is 32.0 Å². The Morgan fingerprint density at radius 3 is 2.78 bits per heavy atom. The number of rotatable bonds is 10. The lowest BCUT2D eigenvalue weighted by atomic mass is 9.71. The molecule has 2 bridgehead atoms. The van der Waals surface area contributed by atoms with E-state index in [2.05, 4.69) is 22.5 Å². The fraction of sp³-hybridized carbons (Fsp3) is 0.593. The van der Waals surface area contributed by atoms with Crippen molar-refractivity contribution in [2.24, 2.45) is 11.8 Å². The lowest BCUT2D eigenvalue weighted by molar-refractivity contribution is -0.153. The van der Waals surface area contributed by atoms with E-state index >= 15 is 0 Å². The summed E-state index contributed by atoms with van der Waals surface area (Å²) in [6.07, 6.45) is 3.44. The van der Waals surface area contributed by atoms with Gasteiger partial charge in [-0.25, -0.2) is 0 Å². The highest BCUT2D eigenvalue weighted by Crippen LogP contribution is 2.68. The third-order valence-electron chi connectivity index (χ3n) is 7.62. The van der Waals surface area contributed by atoms with Crippen LogP contribution in [0, 0.1) is 25.7 Å². The molecule has 2 amide bonds. The summed E-state index contributed by atoms with van der Waals surface area (Å²) >= 11 is 5.38. The number of carbonyl (C=O) groups is 3. The van der Waals surface area contributed by atoms with Crippen LogP contribution in [0.2, 0.25) is 0 Å². The predicted octanol–water partition coefficient (Wildman–Crippen LogP) is 3.62. The molecular formula is C27H35BrN2O5S. The number of amides is 2. The van der Waals surface area contributed by atoms with Gasteiger partial charge in [0.25, 0.3) is 5.91 Å². The Morgan fingerprint density at radius 2 is 2.11 bits per heavy atom. The highest BCUT2D eigenvalue weighted by Gasteiger charge is 2.76. The van der Waals surface area contributed by atoms with E-state index in [-0.39, 0.29) is 41.1 Å². The van der Waals surface area contributed by atoms with Crippen LogP contribution in [0.25, 0.3) is 0 Å². The van der Waals surface area contributed by atoms with Gasteiger partial charge in [-0.3, -0.25) is 14.4 Å². The number of likely N-dealkylation sites (tertiary alicyclic amines) is 1. The number of hydrogen-bond donors (Lipinski definition) is 1. The number of benzene rings is 1. The van der Waals surface area contributed by atoms with Crippen LogP contribution in [0.1, 0.15) is 37.3 Å². The van der Waals surface area contributed by atoms with Crippen molar-refractivity contribution < 1.29 is 24.2 Å². The number of halogens is 1. The zero-order valence-corrected chi connectivity index (χ0v) is 23.5. The van der Waals surface area contributed by atoms with Crippen LogP contribution >= 0.6 is 27.7 Å². The summed E-state index contributed by atoms with van der Waals surface area (Å²) in [4.78, 5) is 45.0. The molecule has 1 aromatic carbocycles. The van der Waals surface area contributed by atoms with Crippen molar-refractivity contribution in [1.82, 2.24) is 4.90 Å². The smallest absolute Gasteiger partial charge is 0.310 e. The van der Waals surface area contributed by atoms with Gasteiger partial charge in [-0.1, -0.05) is 34.1 Å². The lowest BCUT2D eigenvalue weighted by Crippen LogP contribution is -2.55. The van der Waals surface area contributed by atoms with Crippen LogP contribution < -0.4 is 4.90 Å². The molecule has 0 aromatic heterocycles. The Kier molecular flexibility index (Phi) is 8.22. The molecule has 0 saturated carbocycles. The molecule has 9 heteroatoms. The quantitative estimate of drug-likeness (QED) is 0.197. The zero-order chi connectivity index (χ0) is 26.2. The minimum atomic E-state index is -0.721. The molecule has 0 aliphatic carbocycles. The Balaban J connectivity index is 1.80. The molecule has 7 nitrogen and oxygen atoms in total. The average molecular weight is 580 g/mol. The average Bonchev–Trinajstić information content (AvgIpc) is 3.43. The van der Waals surface area contributed by atoms with Crippen LogP contribution in [-0.2, 0) is 19.1 Å². The molecule has 3 aliphatic rings. The molecule has 3 fully saturated rings. The second kappa shape index (κ2) is 10.9. The predicted molar refractivity (Wildman–Crippen MR) is 145 cm³/mol. The zero-order valence-electron chi connectivity index (χ0n) is 21.1. The topological polar surface area (TPSA) is 87.2 Å². The molecule has 6 atom stereocenters. The summed E-state index contributed by atoms with van der Waals surface area (Å²) in [5.41, 5.74) is 2.81. The van der Waals surface area contributed by atoms with Crippen molar-refractivity contribution in [3.8, 4) is 0 Å². The molecule has 4 rings (SSSR count). The SMILES string of the molecule is C=CCN(C(=O)C1N(CCCCO)C(=O)[C@@H]2[C@H](C(=O)OCC)[C@H]3SC12CC3Br)c1cc(C)ccc1C. The first kappa shape index (κ1) is 27.2. The number of carbonyl (C=O) groups excluding carboxylic acids is 3. The maximum absolute atomic E-state index is 14.5. The number of anilines is 1. The number of aliphatic hydroxyl groups excluding tert-OH is 1. The number of aryl methyl sites for hydroxylation is 2. The molecular weight excluding hydrogens is 544 g/mol. The monoisotopic (exact) mass is 578 g/mol. The first-order valence-corrected chi connectivity index (χ1v) is 14.4. The van der Waals surface area contributed by atoms with Crippen molar-refractivity contribution in [3.63, 3.8) is 0 Å². The molecule has 0 radical (unpaired) electrons. The van der Waals surface area contributed by atoms with E-state index < -0.39 is 22.6 Å². The Morgan fingerprint density at radius 1 is 1.36 bits per heavy atom. The summed E-state index contributed by atoms with van der Waals surface area (Å²) in [6, 6.07) is 5.28. The highest BCUT2D eigenvalue weighted by molar-refractivity contribution is 9.09. The summed E-state index contributed by atoms with van der Waals surface area (Å²) < 4.78 is 4.69. The highest BCUT2D eigenvalue weighted by atomic mass is 79.9. The van der Waals surface area contributed by atoms with E-state index in [1.165, 1.54) is 0 Å². The van der Waals surface area contributed by atoms with Gasteiger partial charge in [0.2, 0.25) is 5.91 Å². The van der Waals surface area contributed by atoms with Gasteiger partial charge in [-0.05, 0) is 57.2 Å². The molecule has 3 aliphatic heterocycles. The molecule has 36 heavy (non-hydrogen) atoms. The molecule has 1 aromatic rings. The number of esters is 1.